The molecule has 2 aromatic rings. The van der Waals surface area contributed by atoms with Crippen LogP contribution in [0, 0.1) is 0 Å². The molecule has 0 aliphatic carbocycles. The molecule has 108 valence electrons. The van der Waals surface area contributed by atoms with Gasteiger partial charge in [0.1, 0.15) is 0 Å². The van der Waals surface area contributed by atoms with E-state index in [-0.39, 0.29) is 0 Å². The van der Waals surface area contributed by atoms with E-state index in [1.807, 2.05) is 26.0 Å². The standard InChI is InChI=1S/2C6H9BO2S/c2*1-2-5-3-4-6(10-5)7(8)9/h2*3-4,8-9H,2H2,1H3. The maximum atomic E-state index is 8.70. The van der Waals surface area contributed by atoms with Gasteiger partial charge in [-0.25, -0.2) is 0 Å². The molecule has 0 aliphatic rings. The second-order valence-electron chi connectivity index (χ2n) is 4.06. The van der Waals surface area contributed by atoms with Crippen LogP contribution in [0.25, 0.3) is 0 Å². The summed E-state index contributed by atoms with van der Waals surface area (Å²) in [6.07, 6.45) is 1.91. The molecule has 0 fully saturated rings. The molecule has 0 amide bonds. The van der Waals surface area contributed by atoms with Crippen molar-refractivity contribution in [2.45, 2.75) is 26.7 Å². The van der Waals surface area contributed by atoms with Gasteiger partial charge < -0.3 is 20.1 Å². The Morgan fingerprint density at radius 2 is 1.10 bits per heavy atom. The second kappa shape index (κ2) is 8.61. The third-order valence-corrected chi connectivity index (χ3v) is 5.11. The number of rotatable bonds is 4. The van der Waals surface area contributed by atoms with E-state index in [4.69, 9.17) is 20.1 Å². The summed E-state index contributed by atoms with van der Waals surface area (Å²) in [5.41, 5.74) is 0. The van der Waals surface area contributed by atoms with E-state index in [1.54, 1.807) is 12.1 Å². The Balaban J connectivity index is 0.000000200. The van der Waals surface area contributed by atoms with Crippen LogP contribution in [-0.2, 0) is 12.8 Å². The maximum absolute atomic E-state index is 8.70. The van der Waals surface area contributed by atoms with Crippen molar-refractivity contribution in [1.29, 1.82) is 0 Å². The van der Waals surface area contributed by atoms with E-state index >= 15 is 0 Å². The van der Waals surface area contributed by atoms with Crippen LogP contribution in [0.1, 0.15) is 23.6 Å². The van der Waals surface area contributed by atoms with Crippen LogP contribution in [0.15, 0.2) is 24.3 Å². The number of aryl methyl sites for hydroxylation is 2. The van der Waals surface area contributed by atoms with Crippen LogP contribution >= 0.6 is 22.7 Å². The van der Waals surface area contributed by atoms with Crippen LogP contribution in [-0.4, -0.2) is 34.3 Å². The topological polar surface area (TPSA) is 80.9 Å². The Hall–Kier alpha value is -0.630. The Morgan fingerprint density at radius 3 is 1.25 bits per heavy atom. The Labute approximate surface area is 127 Å². The highest BCUT2D eigenvalue weighted by Crippen LogP contribution is 2.07. The minimum Gasteiger partial charge on any atom is -0.423 e. The molecule has 4 nitrogen and oxygen atoms in total. The third kappa shape index (κ3) is 5.40. The first-order chi connectivity index (χ1) is 9.47. The van der Waals surface area contributed by atoms with Gasteiger partial charge in [0.25, 0.3) is 0 Å². The molecule has 20 heavy (non-hydrogen) atoms. The maximum Gasteiger partial charge on any atom is 0.499 e. The smallest absolute Gasteiger partial charge is 0.423 e. The van der Waals surface area contributed by atoms with Crippen molar-refractivity contribution in [1.82, 2.24) is 0 Å². The predicted molar refractivity (Wildman–Crippen MR) is 87.0 cm³/mol. The minimum atomic E-state index is -1.30. The average molecular weight is 312 g/mol. The lowest BCUT2D eigenvalue weighted by Crippen LogP contribution is -2.26. The van der Waals surface area contributed by atoms with Crippen LogP contribution in [0.3, 0.4) is 0 Å². The Kier molecular flexibility index (Phi) is 7.50. The van der Waals surface area contributed by atoms with E-state index in [2.05, 4.69) is 0 Å². The summed E-state index contributed by atoms with van der Waals surface area (Å²) < 4.78 is 1.24. The van der Waals surface area contributed by atoms with Crippen molar-refractivity contribution in [3.63, 3.8) is 0 Å². The van der Waals surface area contributed by atoms with Crippen molar-refractivity contribution < 1.29 is 20.1 Å². The molecule has 0 atom stereocenters. The zero-order chi connectivity index (χ0) is 15.1. The lowest BCUT2D eigenvalue weighted by atomic mass is 9.90. The molecule has 2 aromatic heterocycles. The first-order valence-electron chi connectivity index (χ1n) is 6.37. The number of thiophene rings is 2. The van der Waals surface area contributed by atoms with E-state index in [9.17, 15) is 0 Å². The van der Waals surface area contributed by atoms with Crippen molar-refractivity contribution in [2.75, 3.05) is 0 Å². The largest absolute Gasteiger partial charge is 0.499 e. The molecule has 2 heterocycles. The summed E-state index contributed by atoms with van der Waals surface area (Å²) >= 11 is 2.88. The molecular weight excluding hydrogens is 294 g/mol. The molecule has 0 spiro atoms. The van der Waals surface area contributed by atoms with Gasteiger partial charge in [-0.2, -0.15) is 0 Å². The van der Waals surface area contributed by atoms with E-state index in [1.165, 1.54) is 32.4 Å². The van der Waals surface area contributed by atoms with E-state index < -0.39 is 14.2 Å². The summed E-state index contributed by atoms with van der Waals surface area (Å²) in [6.45, 7) is 4.08. The summed E-state index contributed by atoms with van der Waals surface area (Å²) in [4.78, 5) is 2.37. The Bertz CT molecular complexity index is 465. The summed E-state index contributed by atoms with van der Waals surface area (Å²) in [6, 6.07) is 7.32. The van der Waals surface area contributed by atoms with Crippen molar-refractivity contribution in [2.24, 2.45) is 0 Å². The minimum absolute atomic E-state index is 0.622. The van der Waals surface area contributed by atoms with Gasteiger partial charge in [0, 0.05) is 19.3 Å². The van der Waals surface area contributed by atoms with Gasteiger partial charge in [0.05, 0.1) is 0 Å². The summed E-state index contributed by atoms with van der Waals surface area (Å²) in [5, 5.41) is 34.8. The molecule has 0 aliphatic heterocycles. The van der Waals surface area contributed by atoms with Crippen molar-refractivity contribution in [3.05, 3.63) is 34.0 Å². The monoisotopic (exact) mass is 312 g/mol. The average Bonchev–Trinajstić information content (AvgIpc) is 3.08. The lowest BCUT2D eigenvalue weighted by Gasteiger charge is -1.89. The first-order valence-corrected chi connectivity index (χ1v) is 8.00. The van der Waals surface area contributed by atoms with Gasteiger partial charge in [0.15, 0.2) is 0 Å². The highest BCUT2D eigenvalue weighted by Gasteiger charge is 2.13. The molecule has 0 saturated carbocycles. The van der Waals surface area contributed by atoms with Gasteiger partial charge in [0.2, 0.25) is 0 Å². The molecule has 0 aromatic carbocycles. The predicted octanol–water partition coefficient (Wildman–Crippen LogP) is -0.0194. The molecule has 2 rings (SSSR count). The zero-order valence-corrected chi connectivity index (χ0v) is 13.1. The van der Waals surface area contributed by atoms with Gasteiger partial charge in [-0.1, -0.05) is 26.0 Å². The highest BCUT2D eigenvalue weighted by atomic mass is 32.1. The first kappa shape index (κ1) is 17.4. The third-order valence-electron chi connectivity index (χ3n) is 2.57. The van der Waals surface area contributed by atoms with Gasteiger partial charge in [-0.05, 0) is 25.0 Å². The van der Waals surface area contributed by atoms with Gasteiger partial charge >= 0.3 is 14.2 Å². The molecule has 4 N–H and O–H groups in total. The fourth-order valence-electron chi connectivity index (χ4n) is 1.45. The molecule has 0 bridgehead atoms. The molecule has 0 unspecified atom stereocenters. The number of hydrogen-bond donors (Lipinski definition) is 4. The van der Waals surface area contributed by atoms with Crippen LogP contribution in [0.5, 0.6) is 0 Å². The highest BCUT2D eigenvalue weighted by molar-refractivity contribution is 7.22. The van der Waals surface area contributed by atoms with Crippen LogP contribution in [0.4, 0.5) is 0 Å². The lowest BCUT2D eigenvalue weighted by molar-refractivity contribution is 0.425. The molecular formula is C12H18B2O4S2. The summed E-state index contributed by atoms with van der Waals surface area (Å²) in [5.74, 6) is 0. The fourth-order valence-corrected chi connectivity index (χ4v) is 3.10. The summed E-state index contributed by atoms with van der Waals surface area (Å²) in [7, 11) is -2.60. The van der Waals surface area contributed by atoms with E-state index in [0.717, 1.165) is 12.8 Å². The molecule has 8 heteroatoms. The number of hydrogen-bond acceptors (Lipinski definition) is 6. The van der Waals surface area contributed by atoms with Crippen molar-refractivity contribution >= 4 is 46.5 Å². The van der Waals surface area contributed by atoms with Crippen LogP contribution in [0.2, 0.25) is 0 Å². The molecule has 0 radical (unpaired) electrons. The van der Waals surface area contributed by atoms with E-state index in [0.29, 0.717) is 9.55 Å². The Morgan fingerprint density at radius 1 is 0.750 bits per heavy atom. The SMILES string of the molecule is CCc1ccc(B(O)O)s1.CCc1ccc(B(O)O)s1. The van der Waals surface area contributed by atoms with Gasteiger partial charge in [-0.15, -0.1) is 22.7 Å². The normalized spacial score (nSPS) is 9.90. The van der Waals surface area contributed by atoms with Crippen molar-refractivity contribution in [3.8, 4) is 0 Å². The van der Waals surface area contributed by atoms with Gasteiger partial charge in [-0.3, -0.25) is 0 Å². The zero-order valence-electron chi connectivity index (χ0n) is 11.5. The second-order valence-corrected chi connectivity index (χ2v) is 6.46. The van der Waals surface area contributed by atoms with Crippen LogP contribution < -0.4 is 9.55 Å². The molecule has 0 saturated heterocycles. The quantitative estimate of drug-likeness (QED) is 0.598. The fraction of sp³-hybridized carbons (Fsp3) is 0.333.